The lowest BCUT2D eigenvalue weighted by atomic mass is 10.1. The largest absolute Gasteiger partial charge is 0.467 e. The second-order valence-corrected chi connectivity index (χ2v) is 8.08. The Bertz CT molecular complexity index is 1290. The average molecular weight is 474 g/mol. The first-order valence-electron chi connectivity index (χ1n) is 9.81. The number of halogens is 1. The molecule has 0 saturated carbocycles. The third-order valence-electron chi connectivity index (χ3n) is 5.19. The van der Waals surface area contributed by atoms with Gasteiger partial charge in [-0.1, -0.05) is 46.3 Å². The van der Waals surface area contributed by atoms with Crippen molar-refractivity contribution in [3.63, 3.8) is 0 Å². The van der Waals surface area contributed by atoms with E-state index in [4.69, 9.17) is 4.42 Å². The van der Waals surface area contributed by atoms with Crippen LogP contribution >= 0.6 is 15.9 Å². The number of hydrogen-bond donors (Lipinski definition) is 1. The zero-order valence-electron chi connectivity index (χ0n) is 16.9. The van der Waals surface area contributed by atoms with Crippen LogP contribution < -0.4 is 5.32 Å². The number of benzene rings is 2. The summed E-state index contributed by atoms with van der Waals surface area (Å²) in [6, 6.07) is 21.8. The molecule has 6 heteroatoms. The van der Waals surface area contributed by atoms with E-state index in [2.05, 4.69) is 44.0 Å². The number of rotatable bonds is 6. The first-order chi connectivity index (χ1) is 15.1. The number of para-hydroxylation sites is 1. The summed E-state index contributed by atoms with van der Waals surface area (Å²) < 4.78 is 8.48. The normalized spacial score (nSPS) is 11.5. The molecule has 0 radical (unpaired) electrons. The smallest absolute Gasteiger partial charge is 0.262 e. The summed E-state index contributed by atoms with van der Waals surface area (Å²) in [4.78, 5) is 12.6. The van der Waals surface area contributed by atoms with E-state index in [0.717, 1.165) is 26.6 Å². The topological polar surface area (TPSA) is 71.0 Å². The van der Waals surface area contributed by atoms with Crippen LogP contribution in [0.1, 0.15) is 22.6 Å². The van der Waals surface area contributed by atoms with Gasteiger partial charge in [-0.2, -0.15) is 5.26 Å². The molecule has 2 aromatic heterocycles. The lowest BCUT2D eigenvalue weighted by molar-refractivity contribution is -0.117. The van der Waals surface area contributed by atoms with Gasteiger partial charge in [0.05, 0.1) is 12.8 Å². The number of nitrogens with zero attached hydrogens (tertiary/aromatic N) is 2. The molecule has 0 aliphatic carbocycles. The van der Waals surface area contributed by atoms with E-state index in [0.29, 0.717) is 12.3 Å². The summed E-state index contributed by atoms with van der Waals surface area (Å²) in [5, 5.41) is 13.4. The summed E-state index contributed by atoms with van der Waals surface area (Å²) in [6.07, 6.45) is 3.22. The van der Waals surface area contributed by atoms with Crippen LogP contribution in [0.15, 0.2) is 81.4 Å². The highest BCUT2D eigenvalue weighted by atomic mass is 79.9. The number of carbonyl (C=O) groups is 1. The molecular weight excluding hydrogens is 454 g/mol. The van der Waals surface area contributed by atoms with Crippen molar-refractivity contribution in [1.29, 1.82) is 5.26 Å². The predicted molar refractivity (Wildman–Crippen MR) is 124 cm³/mol. The van der Waals surface area contributed by atoms with Crippen molar-refractivity contribution < 1.29 is 9.21 Å². The third-order valence-corrected chi connectivity index (χ3v) is 5.72. The van der Waals surface area contributed by atoms with E-state index in [1.807, 2.05) is 43.3 Å². The van der Waals surface area contributed by atoms with Crippen LogP contribution in [-0.2, 0) is 17.9 Å². The molecule has 5 nitrogen and oxygen atoms in total. The van der Waals surface area contributed by atoms with Gasteiger partial charge < -0.3 is 14.3 Å². The van der Waals surface area contributed by atoms with Crippen LogP contribution in [0.5, 0.6) is 0 Å². The number of fused-ring (bicyclic) bond motifs is 1. The molecule has 4 rings (SSSR count). The minimum atomic E-state index is -0.428. The van der Waals surface area contributed by atoms with Gasteiger partial charge in [-0.15, -0.1) is 0 Å². The van der Waals surface area contributed by atoms with Crippen LogP contribution in [-0.4, -0.2) is 10.5 Å². The Balaban J connectivity index is 1.69. The Morgan fingerprint density at radius 3 is 2.65 bits per heavy atom. The van der Waals surface area contributed by atoms with E-state index in [1.165, 1.54) is 5.56 Å². The molecular formula is C25H20BrN3O2. The van der Waals surface area contributed by atoms with Crippen LogP contribution in [0, 0.1) is 18.3 Å². The fourth-order valence-electron chi connectivity index (χ4n) is 3.58. The van der Waals surface area contributed by atoms with Gasteiger partial charge in [0.25, 0.3) is 5.91 Å². The van der Waals surface area contributed by atoms with E-state index >= 15 is 0 Å². The molecule has 154 valence electrons. The number of aromatic nitrogens is 1. The Morgan fingerprint density at radius 2 is 1.94 bits per heavy atom. The van der Waals surface area contributed by atoms with E-state index in [9.17, 15) is 10.1 Å². The van der Waals surface area contributed by atoms with Gasteiger partial charge in [-0.25, -0.2) is 0 Å². The van der Waals surface area contributed by atoms with Crippen molar-refractivity contribution >= 4 is 38.8 Å². The second kappa shape index (κ2) is 9.07. The Hall–Kier alpha value is -3.56. The van der Waals surface area contributed by atoms with Gasteiger partial charge in [-0.3, -0.25) is 4.79 Å². The number of amides is 1. The SMILES string of the molecule is Cc1c(/C=C(\C#N)C(=O)NCc2ccco2)c2ccccc2n1Cc1ccc(Br)cc1. The standard InChI is InChI=1S/C25H20BrN3O2/c1-17-23(13-19(14-27)25(30)28-15-21-5-4-12-31-21)22-6-2-3-7-24(22)29(17)16-18-8-10-20(26)11-9-18/h2-13H,15-16H2,1H3,(H,28,30)/b19-13+. The first kappa shape index (κ1) is 20.7. The number of carbonyl (C=O) groups excluding carboxylic acids is 1. The molecule has 0 atom stereocenters. The molecule has 4 aromatic rings. The molecule has 1 N–H and O–H groups in total. The Kier molecular flexibility index (Phi) is 6.06. The first-order valence-corrected chi connectivity index (χ1v) is 10.6. The van der Waals surface area contributed by atoms with Crippen molar-refractivity contribution in [3.05, 3.63) is 99.6 Å². The Morgan fingerprint density at radius 1 is 1.16 bits per heavy atom. The molecule has 2 heterocycles. The number of nitrogens with one attached hydrogen (secondary N) is 1. The molecule has 0 saturated heterocycles. The van der Waals surface area contributed by atoms with Crippen molar-refractivity contribution in [2.45, 2.75) is 20.0 Å². The summed E-state index contributed by atoms with van der Waals surface area (Å²) in [5.41, 5.74) is 4.15. The maximum atomic E-state index is 12.6. The molecule has 1 amide bonds. The quantitative estimate of drug-likeness (QED) is 0.293. The average Bonchev–Trinajstić information content (AvgIpc) is 3.39. The minimum Gasteiger partial charge on any atom is -0.467 e. The van der Waals surface area contributed by atoms with Gasteiger partial charge in [-0.05, 0) is 48.9 Å². The summed E-state index contributed by atoms with van der Waals surface area (Å²) in [7, 11) is 0. The van der Waals surface area contributed by atoms with Crippen LogP contribution in [0.25, 0.3) is 17.0 Å². The van der Waals surface area contributed by atoms with Gasteiger partial charge in [0.2, 0.25) is 0 Å². The predicted octanol–water partition coefficient (Wildman–Crippen LogP) is 5.58. The molecule has 0 aliphatic rings. The summed E-state index contributed by atoms with van der Waals surface area (Å²) >= 11 is 3.47. The zero-order chi connectivity index (χ0) is 21.8. The third kappa shape index (κ3) is 4.47. The highest BCUT2D eigenvalue weighted by molar-refractivity contribution is 9.10. The molecule has 0 bridgehead atoms. The minimum absolute atomic E-state index is 0.0567. The molecule has 0 unspecified atom stereocenters. The van der Waals surface area contributed by atoms with E-state index < -0.39 is 5.91 Å². The fourth-order valence-corrected chi connectivity index (χ4v) is 3.85. The number of nitriles is 1. The van der Waals surface area contributed by atoms with Crippen molar-refractivity contribution in [3.8, 4) is 6.07 Å². The monoisotopic (exact) mass is 473 g/mol. The van der Waals surface area contributed by atoms with Crippen molar-refractivity contribution in [2.24, 2.45) is 0 Å². The zero-order valence-corrected chi connectivity index (χ0v) is 18.5. The second-order valence-electron chi connectivity index (χ2n) is 7.16. The van der Waals surface area contributed by atoms with E-state index in [-0.39, 0.29) is 12.1 Å². The van der Waals surface area contributed by atoms with Crippen molar-refractivity contribution in [2.75, 3.05) is 0 Å². The molecule has 0 fully saturated rings. The van der Waals surface area contributed by atoms with Crippen molar-refractivity contribution in [1.82, 2.24) is 9.88 Å². The molecule has 0 aliphatic heterocycles. The molecule has 31 heavy (non-hydrogen) atoms. The highest BCUT2D eigenvalue weighted by Crippen LogP contribution is 2.29. The van der Waals surface area contributed by atoms with Gasteiger partial charge in [0.1, 0.15) is 17.4 Å². The van der Waals surface area contributed by atoms with Crippen LogP contribution in [0.2, 0.25) is 0 Å². The summed E-state index contributed by atoms with van der Waals surface area (Å²) in [6.45, 7) is 2.94. The number of furan rings is 1. The van der Waals surface area contributed by atoms with E-state index in [1.54, 1.807) is 24.5 Å². The van der Waals surface area contributed by atoms with Gasteiger partial charge >= 0.3 is 0 Å². The molecule has 2 aromatic carbocycles. The Labute approximate surface area is 188 Å². The van der Waals surface area contributed by atoms with Gasteiger partial charge in [0.15, 0.2) is 0 Å². The fraction of sp³-hybridized carbons (Fsp3) is 0.120. The van der Waals surface area contributed by atoms with Crippen LogP contribution in [0.4, 0.5) is 0 Å². The lowest BCUT2D eigenvalue weighted by Crippen LogP contribution is -2.23. The van der Waals surface area contributed by atoms with Gasteiger partial charge in [0, 0.05) is 33.2 Å². The lowest BCUT2D eigenvalue weighted by Gasteiger charge is -2.09. The maximum Gasteiger partial charge on any atom is 0.262 e. The molecule has 0 spiro atoms. The number of hydrogen-bond acceptors (Lipinski definition) is 3. The highest BCUT2D eigenvalue weighted by Gasteiger charge is 2.16. The summed E-state index contributed by atoms with van der Waals surface area (Å²) in [5.74, 6) is 0.205. The maximum absolute atomic E-state index is 12.6. The van der Waals surface area contributed by atoms with Crippen LogP contribution in [0.3, 0.4) is 0 Å².